The molecule has 0 aliphatic rings. The van der Waals surface area contributed by atoms with E-state index in [2.05, 4.69) is 11.2 Å². The van der Waals surface area contributed by atoms with Gasteiger partial charge in [-0.05, 0) is 38.5 Å². The van der Waals surface area contributed by atoms with Gasteiger partial charge in [-0.3, -0.25) is 0 Å². The molecule has 0 aromatic heterocycles. The van der Waals surface area contributed by atoms with Crippen LogP contribution >= 0.6 is 0 Å². The summed E-state index contributed by atoms with van der Waals surface area (Å²) in [4.78, 5) is 5.19. The van der Waals surface area contributed by atoms with Gasteiger partial charge in [0.15, 0.2) is 0 Å². The fourth-order valence-electron chi connectivity index (χ4n) is 0.733. The predicted octanol–water partition coefficient (Wildman–Crippen LogP) is 2.64. The largest absolute Gasteiger partial charge is 0.390 e. The highest BCUT2D eigenvalue weighted by Gasteiger charge is 2.08. The van der Waals surface area contributed by atoms with E-state index >= 15 is 0 Å². The number of hydrogen-bond donors (Lipinski definition) is 0. The monoisotopic (exact) mass is 176 g/mol. The Morgan fingerprint density at radius 1 is 1.46 bits per heavy atom. The van der Waals surface area contributed by atoms with Crippen LogP contribution in [0.25, 0.3) is 0 Å². The summed E-state index contributed by atoms with van der Waals surface area (Å²) in [6.45, 7) is 5.88. The first kappa shape index (κ1) is 9.78. The minimum atomic E-state index is -0.227. The molecule has 0 bridgehead atoms. The third-order valence-corrected chi connectivity index (χ3v) is 1.26. The molecule has 0 saturated heterocycles. The van der Waals surface area contributed by atoms with Gasteiger partial charge in [-0.15, -0.1) is 0 Å². The Morgan fingerprint density at radius 2 is 2.23 bits per heavy atom. The second-order valence-electron chi connectivity index (χ2n) is 3.77. The maximum atomic E-state index is 5.19. The van der Waals surface area contributed by atoms with Crippen LogP contribution in [0, 0.1) is 6.07 Å². The van der Waals surface area contributed by atoms with Gasteiger partial charge in [-0.2, -0.15) is 0 Å². The molecule has 1 aromatic carbocycles. The maximum absolute atomic E-state index is 5.19. The van der Waals surface area contributed by atoms with Crippen molar-refractivity contribution in [1.82, 2.24) is 0 Å². The second kappa shape index (κ2) is 4.08. The standard InChI is InChI=1S/C11H14NO/c1-11(2,3)13-12-9-10-7-5-4-6-8-10/h4-5,7-9H,1-3H3. The molecule has 1 aromatic rings. The summed E-state index contributed by atoms with van der Waals surface area (Å²) in [5.41, 5.74) is 0.765. The van der Waals surface area contributed by atoms with Crippen LogP contribution in [0.15, 0.2) is 29.4 Å². The van der Waals surface area contributed by atoms with Gasteiger partial charge in [0, 0.05) is 0 Å². The fraction of sp³-hybridized carbons (Fsp3) is 0.364. The molecule has 0 fully saturated rings. The van der Waals surface area contributed by atoms with Crippen molar-refractivity contribution >= 4 is 6.21 Å². The van der Waals surface area contributed by atoms with E-state index < -0.39 is 0 Å². The Labute approximate surface area is 79.2 Å². The SMILES string of the molecule is CC(C)(C)ON=Cc1c[c]ccc1. The maximum Gasteiger partial charge on any atom is 0.129 e. The number of oxime groups is 1. The first-order chi connectivity index (χ1) is 6.08. The lowest BCUT2D eigenvalue weighted by Crippen LogP contribution is -2.15. The van der Waals surface area contributed by atoms with Crippen molar-refractivity contribution < 1.29 is 4.84 Å². The molecule has 69 valence electrons. The highest BCUT2D eigenvalue weighted by Crippen LogP contribution is 2.06. The third kappa shape index (κ3) is 4.31. The summed E-state index contributed by atoms with van der Waals surface area (Å²) < 4.78 is 0. The normalized spacial score (nSPS) is 11.9. The number of nitrogens with zero attached hydrogens (tertiary/aromatic N) is 1. The Hall–Kier alpha value is -1.31. The highest BCUT2D eigenvalue weighted by atomic mass is 16.6. The van der Waals surface area contributed by atoms with Crippen molar-refractivity contribution in [1.29, 1.82) is 0 Å². The third-order valence-electron chi connectivity index (χ3n) is 1.26. The fourth-order valence-corrected chi connectivity index (χ4v) is 0.733. The van der Waals surface area contributed by atoms with Crippen LogP contribution in [0.1, 0.15) is 26.3 Å². The van der Waals surface area contributed by atoms with E-state index in [1.54, 1.807) is 6.21 Å². The van der Waals surface area contributed by atoms with Crippen LogP contribution in [0.2, 0.25) is 0 Å². The molecule has 0 saturated carbocycles. The molecule has 0 spiro atoms. The van der Waals surface area contributed by atoms with Gasteiger partial charge >= 0.3 is 0 Å². The molecule has 2 heteroatoms. The predicted molar refractivity (Wildman–Crippen MR) is 53.7 cm³/mol. The number of rotatable bonds is 2. The molecule has 1 radical (unpaired) electrons. The first-order valence-corrected chi connectivity index (χ1v) is 4.25. The van der Waals surface area contributed by atoms with E-state index in [1.807, 2.05) is 45.0 Å². The van der Waals surface area contributed by atoms with Crippen LogP contribution in [0.4, 0.5) is 0 Å². The van der Waals surface area contributed by atoms with Crippen molar-refractivity contribution in [3.05, 3.63) is 35.9 Å². The van der Waals surface area contributed by atoms with Crippen molar-refractivity contribution in [3.63, 3.8) is 0 Å². The molecular formula is C11H14NO. The molecule has 0 N–H and O–H groups in total. The number of benzene rings is 1. The lowest BCUT2D eigenvalue weighted by atomic mass is 10.2. The minimum Gasteiger partial charge on any atom is -0.390 e. The molecule has 1 rings (SSSR count). The van der Waals surface area contributed by atoms with Gasteiger partial charge in [-0.25, -0.2) is 0 Å². The van der Waals surface area contributed by atoms with E-state index in [4.69, 9.17) is 4.84 Å². The van der Waals surface area contributed by atoms with Gasteiger partial charge in [0.05, 0.1) is 6.21 Å². The molecule has 0 amide bonds. The topological polar surface area (TPSA) is 21.6 Å². The van der Waals surface area contributed by atoms with Crippen LogP contribution in [0.3, 0.4) is 0 Å². The van der Waals surface area contributed by atoms with Crippen molar-refractivity contribution in [2.75, 3.05) is 0 Å². The zero-order chi connectivity index (χ0) is 9.73. The molecule has 0 heterocycles. The van der Waals surface area contributed by atoms with Gasteiger partial charge in [-0.1, -0.05) is 23.4 Å². The summed E-state index contributed by atoms with van der Waals surface area (Å²) in [5, 5.41) is 3.87. The molecule has 13 heavy (non-hydrogen) atoms. The summed E-state index contributed by atoms with van der Waals surface area (Å²) >= 11 is 0. The summed E-state index contributed by atoms with van der Waals surface area (Å²) in [7, 11) is 0. The van der Waals surface area contributed by atoms with Gasteiger partial charge < -0.3 is 4.84 Å². The van der Waals surface area contributed by atoms with Crippen molar-refractivity contribution in [2.24, 2.45) is 5.16 Å². The van der Waals surface area contributed by atoms with E-state index in [-0.39, 0.29) is 5.60 Å². The van der Waals surface area contributed by atoms with Crippen LogP contribution in [-0.2, 0) is 4.84 Å². The Bertz CT molecular complexity index is 272. The molecule has 0 aliphatic heterocycles. The molecule has 2 nitrogen and oxygen atoms in total. The molecule has 0 aliphatic carbocycles. The Balaban J connectivity index is 2.51. The smallest absolute Gasteiger partial charge is 0.129 e. The minimum absolute atomic E-state index is 0.227. The van der Waals surface area contributed by atoms with Crippen LogP contribution < -0.4 is 0 Å². The van der Waals surface area contributed by atoms with Crippen molar-refractivity contribution in [2.45, 2.75) is 26.4 Å². The van der Waals surface area contributed by atoms with E-state index in [0.717, 1.165) is 5.56 Å². The van der Waals surface area contributed by atoms with E-state index in [0.29, 0.717) is 0 Å². The van der Waals surface area contributed by atoms with Gasteiger partial charge in [0.2, 0.25) is 0 Å². The lowest BCUT2D eigenvalue weighted by molar-refractivity contribution is 0.00199. The molecular weight excluding hydrogens is 162 g/mol. The van der Waals surface area contributed by atoms with Crippen LogP contribution in [-0.4, -0.2) is 11.8 Å². The first-order valence-electron chi connectivity index (χ1n) is 4.25. The Morgan fingerprint density at radius 3 is 2.77 bits per heavy atom. The number of hydrogen-bond acceptors (Lipinski definition) is 2. The van der Waals surface area contributed by atoms with E-state index in [1.165, 1.54) is 0 Å². The van der Waals surface area contributed by atoms with Gasteiger partial charge in [0.1, 0.15) is 5.60 Å². The average molecular weight is 176 g/mol. The quantitative estimate of drug-likeness (QED) is 0.501. The summed E-state index contributed by atoms with van der Waals surface area (Å²) in [6.07, 6.45) is 1.68. The summed E-state index contributed by atoms with van der Waals surface area (Å²) in [5.74, 6) is 0. The lowest BCUT2D eigenvalue weighted by Gasteiger charge is -2.14. The zero-order valence-electron chi connectivity index (χ0n) is 8.24. The summed E-state index contributed by atoms with van der Waals surface area (Å²) in [6, 6.07) is 10.5. The van der Waals surface area contributed by atoms with Crippen LogP contribution in [0.5, 0.6) is 0 Å². The Kier molecular flexibility index (Phi) is 3.07. The highest BCUT2D eigenvalue weighted by molar-refractivity contribution is 5.78. The van der Waals surface area contributed by atoms with E-state index in [9.17, 15) is 0 Å². The zero-order valence-corrected chi connectivity index (χ0v) is 8.24. The molecule has 0 unspecified atom stereocenters. The molecule has 0 atom stereocenters. The average Bonchev–Trinajstić information content (AvgIpc) is 2.04. The van der Waals surface area contributed by atoms with Crippen molar-refractivity contribution in [3.8, 4) is 0 Å². The second-order valence-corrected chi connectivity index (χ2v) is 3.77. The van der Waals surface area contributed by atoms with Gasteiger partial charge in [0.25, 0.3) is 0 Å².